The molecule has 1 fully saturated rings. The fourth-order valence-corrected chi connectivity index (χ4v) is 5.33. The maximum absolute atomic E-state index is 13.9. The molecule has 0 radical (unpaired) electrons. The normalized spacial score (nSPS) is 17.1. The molecule has 0 spiro atoms. The molecule has 7 nitrogen and oxygen atoms in total. The average Bonchev–Trinajstić information content (AvgIpc) is 2.97. The van der Waals surface area contributed by atoms with Gasteiger partial charge >= 0.3 is 0 Å². The molecule has 0 aliphatic carbocycles. The van der Waals surface area contributed by atoms with Crippen LogP contribution in [-0.2, 0) is 22.6 Å². The number of hydrogen-bond acceptors (Lipinski definition) is 3. The van der Waals surface area contributed by atoms with Crippen LogP contribution in [0.1, 0.15) is 30.4 Å². The molecule has 2 unspecified atom stereocenters. The van der Waals surface area contributed by atoms with Crippen LogP contribution in [0.15, 0.2) is 102 Å². The molecule has 0 saturated carbocycles. The first-order chi connectivity index (χ1) is 19.5. The van der Waals surface area contributed by atoms with Gasteiger partial charge in [0.05, 0.1) is 0 Å². The van der Waals surface area contributed by atoms with E-state index in [-0.39, 0.29) is 17.8 Å². The van der Waals surface area contributed by atoms with Gasteiger partial charge in [-0.3, -0.25) is 14.6 Å². The summed E-state index contributed by atoms with van der Waals surface area (Å²) in [7, 11) is 0. The Morgan fingerprint density at radius 2 is 1.45 bits per heavy atom. The van der Waals surface area contributed by atoms with Crippen molar-refractivity contribution in [3.05, 3.63) is 108 Å². The zero-order valence-corrected chi connectivity index (χ0v) is 22.5. The Morgan fingerprint density at radius 1 is 0.775 bits per heavy atom. The molecule has 2 amide bonds. The molecule has 4 aromatic rings. The molecule has 40 heavy (non-hydrogen) atoms. The third kappa shape index (κ3) is 6.49. The predicted molar refractivity (Wildman–Crippen MR) is 160 cm³/mol. The number of guanidine groups is 1. The zero-order chi connectivity index (χ0) is 27.9. The molecule has 5 rings (SSSR count). The summed E-state index contributed by atoms with van der Waals surface area (Å²) in [5.41, 5.74) is 15.1. The van der Waals surface area contributed by atoms with Gasteiger partial charge in [0.2, 0.25) is 11.8 Å². The van der Waals surface area contributed by atoms with E-state index in [0.717, 1.165) is 45.9 Å². The van der Waals surface area contributed by atoms with Gasteiger partial charge in [-0.15, -0.1) is 0 Å². The second-order valence-corrected chi connectivity index (χ2v) is 10.3. The number of piperazine rings is 1. The maximum atomic E-state index is 13.9. The van der Waals surface area contributed by atoms with E-state index in [9.17, 15) is 9.59 Å². The predicted octanol–water partition coefficient (Wildman–Crippen LogP) is 4.39. The molecule has 1 heterocycles. The van der Waals surface area contributed by atoms with Crippen molar-refractivity contribution in [2.75, 3.05) is 6.54 Å². The van der Waals surface area contributed by atoms with Crippen LogP contribution in [0.3, 0.4) is 0 Å². The van der Waals surface area contributed by atoms with Gasteiger partial charge in [-0.05, 0) is 52.3 Å². The minimum atomic E-state index is -0.616. The van der Waals surface area contributed by atoms with E-state index < -0.39 is 12.1 Å². The summed E-state index contributed by atoms with van der Waals surface area (Å²) in [6.07, 6.45) is 2.44. The van der Waals surface area contributed by atoms with E-state index in [0.29, 0.717) is 25.9 Å². The molecule has 0 bridgehead atoms. The van der Waals surface area contributed by atoms with Crippen LogP contribution in [0.2, 0.25) is 0 Å². The van der Waals surface area contributed by atoms with Crippen molar-refractivity contribution in [2.24, 2.45) is 16.5 Å². The van der Waals surface area contributed by atoms with E-state index in [4.69, 9.17) is 11.5 Å². The number of carbonyl (C=O) groups is 2. The van der Waals surface area contributed by atoms with Crippen molar-refractivity contribution in [1.29, 1.82) is 0 Å². The van der Waals surface area contributed by atoms with Crippen LogP contribution in [0.5, 0.6) is 0 Å². The Bertz CT molecular complexity index is 1500. The van der Waals surface area contributed by atoms with Crippen molar-refractivity contribution in [2.45, 2.75) is 44.3 Å². The molecular weight excluding hydrogens is 498 g/mol. The molecule has 1 saturated heterocycles. The second kappa shape index (κ2) is 12.5. The lowest BCUT2D eigenvalue weighted by atomic mass is 9.95. The van der Waals surface area contributed by atoms with Crippen LogP contribution in [-0.4, -0.2) is 41.3 Å². The van der Waals surface area contributed by atoms with E-state index >= 15 is 0 Å². The average molecular weight is 534 g/mol. The van der Waals surface area contributed by atoms with Crippen LogP contribution in [0.25, 0.3) is 21.9 Å². The van der Waals surface area contributed by atoms with Crippen LogP contribution >= 0.6 is 0 Å². The number of unbranched alkanes of at least 4 members (excludes halogenated alkanes) is 1. The van der Waals surface area contributed by atoms with E-state index in [2.05, 4.69) is 58.8 Å². The number of amides is 2. The molecule has 4 aromatic carbocycles. The number of nitrogens with two attached hydrogens (primary N) is 2. The first-order valence-electron chi connectivity index (χ1n) is 13.8. The van der Waals surface area contributed by atoms with Gasteiger partial charge in [-0.25, -0.2) is 0 Å². The molecular formula is C33H35N5O2. The Hall–Kier alpha value is -4.65. The highest BCUT2D eigenvalue weighted by Gasteiger charge is 2.40. The molecule has 204 valence electrons. The van der Waals surface area contributed by atoms with Crippen molar-refractivity contribution < 1.29 is 9.59 Å². The van der Waals surface area contributed by atoms with Crippen LogP contribution in [0.4, 0.5) is 0 Å². The van der Waals surface area contributed by atoms with Gasteiger partial charge in [0, 0.05) is 19.5 Å². The van der Waals surface area contributed by atoms with Gasteiger partial charge in [0.25, 0.3) is 0 Å². The highest BCUT2D eigenvalue weighted by molar-refractivity contribution is 5.97. The number of fused-ring (bicyclic) bond motifs is 1. The largest absolute Gasteiger partial charge is 0.370 e. The van der Waals surface area contributed by atoms with E-state index in [1.165, 1.54) is 0 Å². The minimum absolute atomic E-state index is 0.0581. The molecule has 0 aromatic heterocycles. The summed E-state index contributed by atoms with van der Waals surface area (Å²) in [4.78, 5) is 33.1. The lowest BCUT2D eigenvalue weighted by Crippen LogP contribution is -2.63. The molecule has 1 aliphatic heterocycles. The summed E-state index contributed by atoms with van der Waals surface area (Å²) >= 11 is 0. The summed E-state index contributed by atoms with van der Waals surface area (Å²) in [6, 6.07) is 31.5. The fraction of sp³-hybridized carbons (Fsp3) is 0.242. The van der Waals surface area contributed by atoms with E-state index in [1.807, 2.05) is 48.5 Å². The summed E-state index contributed by atoms with van der Waals surface area (Å²) < 4.78 is 0. The number of benzene rings is 4. The standard InChI is InChI=1S/C33H35N5O2/c34-33(35)36-19-7-6-12-30-31(39)37-29(21-24-15-18-26-10-4-5-11-28(26)20-24)32(40)38(30)22-23-13-16-27(17-14-23)25-8-2-1-3-9-25/h1-5,8-11,13-18,20,29-30H,6-7,12,19,21-22H2,(H,37,39)(H4,34,35,36). The lowest BCUT2D eigenvalue weighted by Gasteiger charge is -2.39. The van der Waals surface area contributed by atoms with Gasteiger partial charge in [0.1, 0.15) is 12.1 Å². The Labute approximate surface area is 234 Å². The van der Waals surface area contributed by atoms with Crippen LogP contribution < -0.4 is 16.8 Å². The van der Waals surface area contributed by atoms with Gasteiger partial charge in [0.15, 0.2) is 5.96 Å². The molecule has 5 N–H and O–H groups in total. The lowest BCUT2D eigenvalue weighted by molar-refractivity contribution is -0.150. The number of carbonyl (C=O) groups excluding carboxylic acids is 2. The summed E-state index contributed by atoms with van der Waals surface area (Å²) in [5.74, 6) is -0.120. The van der Waals surface area contributed by atoms with E-state index in [1.54, 1.807) is 4.90 Å². The summed E-state index contributed by atoms with van der Waals surface area (Å²) in [6.45, 7) is 0.865. The Balaban J connectivity index is 1.34. The minimum Gasteiger partial charge on any atom is -0.370 e. The first kappa shape index (κ1) is 26.9. The van der Waals surface area contributed by atoms with Crippen molar-refractivity contribution in [1.82, 2.24) is 10.2 Å². The van der Waals surface area contributed by atoms with Gasteiger partial charge in [-0.1, -0.05) is 97.1 Å². The molecule has 2 atom stereocenters. The highest BCUT2D eigenvalue weighted by atomic mass is 16.2. The van der Waals surface area contributed by atoms with Gasteiger partial charge in [-0.2, -0.15) is 0 Å². The quantitative estimate of drug-likeness (QED) is 0.159. The fourth-order valence-electron chi connectivity index (χ4n) is 5.33. The number of rotatable bonds is 10. The number of nitrogens with one attached hydrogen (secondary N) is 1. The second-order valence-electron chi connectivity index (χ2n) is 10.3. The molecule has 7 heteroatoms. The SMILES string of the molecule is NC(N)=NCCCCC1C(=O)NC(Cc2ccc3ccccc3c2)C(=O)N1Cc1ccc(-c2ccccc2)cc1. The maximum Gasteiger partial charge on any atom is 0.246 e. The summed E-state index contributed by atoms with van der Waals surface area (Å²) in [5, 5.41) is 5.28. The Kier molecular flexibility index (Phi) is 8.40. The number of nitrogens with zero attached hydrogens (tertiary/aromatic N) is 2. The zero-order valence-electron chi connectivity index (χ0n) is 22.5. The third-order valence-electron chi connectivity index (χ3n) is 7.42. The smallest absolute Gasteiger partial charge is 0.246 e. The van der Waals surface area contributed by atoms with Crippen molar-refractivity contribution >= 4 is 28.5 Å². The van der Waals surface area contributed by atoms with Crippen molar-refractivity contribution in [3.63, 3.8) is 0 Å². The molecule has 1 aliphatic rings. The third-order valence-corrected chi connectivity index (χ3v) is 7.42. The monoisotopic (exact) mass is 533 g/mol. The van der Waals surface area contributed by atoms with Crippen LogP contribution in [0, 0.1) is 0 Å². The highest BCUT2D eigenvalue weighted by Crippen LogP contribution is 2.24. The van der Waals surface area contributed by atoms with Crippen molar-refractivity contribution in [3.8, 4) is 11.1 Å². The first-order valence-corrected chi connectivity index (χ1v) is 13.8. The number of aliphatic imine (C=N–C) groups is 1. The Morgan fingerprint density at radius 3 is 2.20 bits per heavy atom. The topological polar surface area (TPSA) is 114 Å². The van der Waals surface area contributed by atoms with Gasteiger partial charge < -0.3 is 21.7 Å². The number of hydrogen-bond donors (Lipinski definition) is 3.